The molecule has 0 unspecified atom stereocenters. The summed E-state index contributed by atoms with van der Waals surface area (Å²) < 4.78 is 10.4. The van der Waals surface area contributed by atoms with Gasteiger partial charge in [0.15, 0.2) is 0 Å². The van der Waals surface area contributed by atoms with Crippen LogP contribution in [0.25, 0.3) is 0 Å². The lowest BCUT2D eigenvalue weighted by Gasteiger charge is -2.42. The first kappa shape index (κ1) is 13.8. The van der Waals surface area contributed by atoms with Crippen LogP contribution in [0.2, 0.25) is 0 Å². The second kappa shape index (κ2) is 5.19. The summed E-state index contributed by atoms with van der Waals surface area (Å²) in [5.41, 5.74) is -0.458. The van der Waals surface area contributed by atoms with Gasteiger partial charge in [-0.25, -0.2) is 4.79 Å². The van der Waals surface area contributed by atoms with E-state index in [1.807, 2.05) is 20.8 Å². The van der Waals surface area contributed by atoms with Gasteiger partial charge in [-0.1, -0.05) is 6.92 Å². The topological polar surface area (TPSA) is 77.3 Å². The highest BCUT2D eigenvalue weighted by Gasteiger charge is 2.39. The van der Waals surface area contributed by atoms with E-state index < -0.39 is 5.60 Å². The van der Waals surface area contributed by atoms with Crippen LogP contribution in [0.1, 0.15) is 40.0 Å². The molecule has 2 rings (SSSR count). The second-order valence-corrected chi connectivity index (χ2v) is 6.14. The van der Waals surface area contributed by atoms with Crippen molar-refractivity contribution in [3.63, 3.8) is 0 Å². The molecule has 6 heteroatoms. The maximum Gasteiger partial charge on any atom is 0.407 e. The lowest BCUT2D eigenvalue weighted by atomic mass is 9.69. The van der Waals surface area contributed by atoms with Crippen molar-refractivity contribution in [2.75, 3.05) is 0 Å². The Hall–Kier alpha value is -1.59. The van der Waals surface area contributed by atoms with Crippen LogP contribution in [0.4, 0.5) is 4.79 Å². The molecule has 0 radical (unpaired) electrons. The largest absolute Gasteiger partial charge is 0.444 e. The SMILES string of the molecule is C[C@H]1[C@@H](Cc2nnco2)C[C@H]1NC(=O)OC(C)(C)C. The van der Waals surface area contributed by atoms with E-state index in [2.05, 4.69) is 22.4 Å². The van der Waals surface area contributed by atoms with Crippen LogP contribution >= 0.6 is 0 Å². The maximum absolute atomic E-state index is 11.7. The van der Waals surface area contributed by atoms with E-state index in [4.69, 9.17) is 9.15 Å². The number of nitrogens with one attached hydrogen (secondary N) is 1. The fraction of sp³-hybridized carbons (Fsp3) is 0.769. The van der Waals surface area contributed by atoms with Crippen LogP contribution in [-0.4, -0.2) is 27.9 Å². The molecule has 106 valence electrons. The van der Waals surface area contributed by atoms with Gasteiger partial charge in [-0.05, 0) is 39.0 Å². The van der Waals surface area contributed by atoms with Crippen molar-refractivity contribution in [2.45, 2.75) is 52.2 Å². The molecule has 0 bridgehead atoms. The van der Waals surface area contributed by atoms with Gasteiger partial charge >= 0.3 is 6.09 Å². The van der Waals surface area contributed by atoms with E-state index in [9.17, 15) is 4.79 Å². The van der Waals surface area contributed by atoms with Gasteiger partial charge in [0.1, 0.15) is 5.60 Å². The van der Waals surface area contributed by atoms with Crippen LogP contribution in [0, 0.1) is 11.8 Å². The molecule has 1 fully saturated rings. The molecule has 3 atom stereocenters. The minimum Gasteiger partial charge on any atom is -0.444 e. The van der Waals surface area contributed by atoms with Gasteiger partial charge in [0, 0.05) is 12.5 Å². The molecule has 1 amide bonds. The average molecular weight is 267 g/mol. The summed E-state index contributed by atoms with van der Waals surface area (Å²) in [5.74, 6) is 1.52. The van der Waals surface area contributed by atoms with E-state index in [0.29, 0.717) is 17.7 Å². The normalized spacial score (nSPS) is 26.6. The first-order valence-corrected chi connectivity index (χ1v) is 6.59. The average Bonchev–Trinajstić information content (AvgIpc) is 2.77. The number of rotatable bonds is 3. The molecule has 0 saturated heterocycles. The highest BCUT2D eigenvalue weighted by atomic mass is 16.6. The fourth-order valence-electron chi connectivity index (χ4n) is 2.32. The van der Waals surface area contributed by atoms with Crippen LogP contribution in [-0.2, 0) is 11.2 Å². The summed E-state index contributed by atoms with van der Waals surface area (Å²) >= 11 is 0. The minimum absolute atomic E-state index is 0.169. The summed E-state index contributed by atoms with van der Waals surface area (Å²) in [6.07, 6.45) is 2.69. The van der Waals surface area contributed by atoms with Crippen molar-refractivity contribution in [1.82, 2.24) is 15.5 Å². The zero-order valence-electron chi connectivity index (χ0n) is 11.8. The van der Waals surface area contributed by atoms with E-state index in [-0.39, 0.29) is 12.1 Å². The third-order valence-corrected chi connectivity index (χ3v) is 3.48. The molecule has 1 aromatic heterocycles. The van der Waals surface area contributed by atoms with Crippen LogP contribution in [0.3, 0.4) is 0 Å². The van der Waals surface area contributed by atoms with Gasteiger partial charge in [-0.2, -0.15) is 0 Å². The van der Waals surface area contributed by atoms with Gasteiger partial charge in [-0.3, -0.25) is 0 Å². The Labute approximate surface area is 112 Å². The summed E-state index contributed by atoms with van der Waals surface area (Å²) in [4.78, 5) is 11.7. The second-order valence-electron chi connectivity index (χ2n) is 6.14. The fourth-order valence-corrected chi connectivity index (χ4v) is 2.32. The molecule has 6 nitrogen and oxygen atoms in total. The molecule has 0 spiro atoms. The molecular formula is C13H21N3O3. The molecule has 0 aliphatic heterocycles. The Morgan fingerprint density at radius 2 is 2.32 bits per heavy atom. The Morgan fingerprint density at radius 1 is 1.58 bits per heavy atom. The summed E-state index contributed by atoms with van der Waals surface area (Å²) in [6, 6.07) is 0.169. The Bertz CT molecular complexity index is 425. The molecule has 1 aliphatic carbocycles. The quantitative estimate of drug-likeness (QED) is 0.908. The van der Waals surface area contributed by atoms with Crippen LogP contribution in [0.5, 0.6) is 0 Å². The zero-order chi connectivity index (χ0) is 14.0. The number of carbonyl (C=O) groups excluding carboxylic acids is 1. The van der Waals surface area contributed by atoms with Gasteiger partial charge < -0.3 is 14.5 Å². The molecule has 1 aliphatic rings. The van der Waals surface area contributed by atoms with Crippen molar-refractivity contribution in [3.05, 3.63) is 12.3 Å². The van der Waals surface area contributed by atoms with Crippen molar-refractivity contribution in [1.29, 1.82) is 0 Å². The standard InChI is InChI=1S/C13H21N3O3/c1-8-9(6-11-16-14-7-18-11)5-10(8)15-12(17)19-13(2,3)4/h7-10H,5-6H2,1-4H3,(H,15,17)/t8-,9+,10+/m0/s1. The molecule has 0 aromatic carbocycles. The first-order valence-electron chi connectivity index (χ1n) is 6.59. The van der Waals surface area contributed by atoms with Crippen molar-refractivity contribution < 1.29 is 13.9 Å². The maximum atomic E-state index is 11.7. The van der Waals surface area contributed by atoms with Gasteiger partial charge in [0.05, 0.1) is 0 Å². The lowest BCUT2D eigenvalue weighted by molar-refractivity contribution is 0.0361. The van der Waals surface area contributed by atoms with Crippen LogP contribution in [0.15, 0.2) is 10.8 Å². The molecule has 1 heterocycles. The van der Waals surface area contributed by atoms with Crippen molar-refractivity contribution >= 4 is 6.09 Å². The Kier molecular flexibility index (Phi) is 3.78. The molecule has 1 aromatic rings. The number of ether oxygens (including phenoxy) is 1. The number of nitrogens with zero attached hydrogens (tertiary/aromatic N) is 2. The lowest BCUT2D eigenvalue weighted by Crippen LogP contribution is -2.52. The van der Waals surface area contributed by atoms with E-state index >= 15 is 0 Å². The summed E-state index contributed by atoms with van der Waals surface area (Å²) in [7, 11) is 0. The number of amides is 1. The molecular weight excluding hydrogens is 246 g/mol. The predicted octanol–water partition coefficient (Wildman–Crippen LogP) is 2.16. The van der Waals surface area contributed by atoms with E-state index in [0.717, 1.165) is 12.8 Å². The third-order valence-electron chi connectivity index (χ3n) is 3.48. The van der Waals surface area contributed by atoms with Gasteiger partial charge in [0.2, 0.25) is 12.3 Å². The van der Waals surface area contributed by atoms with E-state index in [1.165, 1.54) is 6.39 Å². The smallest absolute Gasteiger partial charge is 0.407 e. The number of aromatic nitrogens is 2. The van der Waals surface area contributed by atoms with E-state index in [1.54, 1.807) is 0 Å². The monoisotopic (exact) mass is 267 g/mol. The minimum atomic E-state index is -0.458. The van der Waals surface area contributed by atoms with Crippen LogP contribution < -0.4 is 5.32 Å². The van der Waals surface area contributed by atoms with Gasteiger partial charge in [0.25, 0.3) is 0 Å². The molecule has 19 heavy (non-hydrogen) atoms. The zero-order valence-corrected chi connectivity index (χ0v) is 11.8. The van der Waals surface area contributed by atoms with Gasteiger partial charge in [-0.15, -0.1) is 10.2 Å². The highest BCUT2D eigenvalue weighted by Crippen LogP contribution is 2.36. The summed E-state index contributed by atoms with van der Waals surface area (Å²) in [6.45, 7) is 7.69. The molecule has 1 saturated carbocycles. The number of carbonyl (C=O) groups is 1. The predicted molar refractivity (Wildman–Crippen MR) is 68.4 cm³/mol. The summed E-state index contributed by atoms with van der Waals surface area (Å²) in [5, 5.41) is 10.4. The van der Waals surface area contributed by atoms with Crippen molar-refractivity contribution in [3.8, 4) is 0 Å². The number of alkyl carbamates (subject to hydrolysis) is 1. The highest BCUT2D eigenvalue weighted by molar-refractivity contribution is 5.68. The third kappa shape index (κ3) is 3.68. The molecule has 1 N–H and O–H groups in total. The number of hydrogen-bond acceptors (Lipinski definition) is 5. The van der Waals surface area contributed by atoms with Crippen molar-refractivity contribution in [2.24, 2.45) is 11.8 Å². The Balaban J connectivity index is 1.75. The number of hydrogen-bond donors (Lipinski definition) is 1. The first-order chi connectivity index (χ1) is 8.85. The Morgan fingerprint density at radius 3 is 2.84 bits per heavy atom.